The molecule has 0 aromatic carbocycles. The minimum atomic E-state index is -4.99. The van der Waals surface area contributed by atoms with Crippen molar-refractivity contribution in [1.82, 2.24) is 15.5 Å². The number of alkyl halides is 3. The van der Waals surface area contributed by atoms with Gasteiger partial charge in [-0.25, -0.2) is 0 Å². The minimum absolute atomic E-state index is 0.104. The van der Waals surface area contributed by atoms with Crippen LogP contribution in [0.3, 0.4) is 0 Å². The van der Waals surface area contributed by atoms with Crippen molar-refractivity contribution in [2.75, 3.05) is 32.9 Å². The van der Waals surface area contributed by atoms with Gasteiger partial charge in [-0.2, -0.15) is 0 Å². The Morgan fingerprint density at radius 1 is 1.21 bits per heavy atom. The summed E-state index contributed by atoms with van der Waals surface area (Å²) < 4.78 is 46.5. The summed E-state index contributed by atoms with van der Waals surface area (Å²) in [5.74, 6) is -2.81. The molecule has 12 heteroatoms. The Morgan fingerprint density at radius 2 is 1.91 bits per heavy atom. The number of carbonyl (C=O) groups is 4. The van der Waals surface area contributed by atoms with Crippen molar-refractivity contribution >= 4 is 23.5 Å². The van der Waals surface area contributed by atoms with Gasteiger partial charge in [-0.3, -0.25) is 23.9 Å². The van der Waals surface area contributed by atoms with Gasteiger partial charge in [0.1, 0.15) is 12.6 Å². The fourth-order valence-electron chi connectivity index (χ4n) is 5.19. The van der Waals surface area contributed by atoms with E-state index >= 15 is 0 Å². The predicted octanol–water partition coefficient (Wildman–Crippen LogP) is 0.911. The lowest BCUT2D eigenvalue weighted by Gasteiger charge is -2.31. The van der Waals surface area contributed by atoms with E-state index in [0.717, 1.165) is 12.8 Å². The van der Waals surface area contributed by atoms with Gasteiger partial charge >= 0.3 is 6.36 Å². The Morgan fingerprint density at radius 3 is 2.50 bits per heavy atom. The van der Waals surface area contributed by atoms with Crippen molar-refractivity contribution in [2.45, 2.75) is 63.4 Å². The molecule has 1 spiro atoms. The molecule has 4 rings (SSSR count). The number of nitrogens with zero attached hydrogens (tertiary/aromatic N) is 1. The van der Waals surface area contributed by atoms with Crippen LogP contribution in [0.4, 0.5) is 13.2 Å². The Labute approximate surface area is 195 Å². The lowest BCUT2D eigenvalue weighted by molar-refractivity contribution is -0.321. The number of ether oxygens (including phenoxy) is 2. The van der Waals surface area contributed by atoms with Gasteiger partial charge in [-0.05, 0) is 50.4 Å². The molecule has 34 heavy (non-hydrogen) atoms. The molecule has 190 valence electrons. The molecule has 1 aliphatic carbocycles. The van der Waals surface area contributed by atoms with E-state index in [1.807, 2.05) is 0 Å². The second-order valence-electron chi connectivity index (χ2n) is 9.85. The molecule has 4 aliphatic rings. The number of ketones is 1. The van der Waals surface area contributed by atoms with Crippen LogP contribution in [-0.2, 0) is 28.7 Å². The van der Waals surface area contributed by atoms with E-state index in [0.29, 0.717) is 52.0 Å². The molecule has 0 aromatic rings. The summed E-state index contributed by atoms with van der Waals surface area (Å²) in [6.45, 7) is 0.553. The molecule has 0 bridgehead atoms. The van der Waals surface area contributed by atoms with Crippen molar-refractivity contribution in [3.63, 3.8) is 0 Å². The lowest BCUT2D eigenvalue weighted by atomic mass is 9.95. The van der Waals surface area contributed by atoms with E-state index in [1.165, 1.54) is 0 Å². The summed E-state index contributed by atoms with van der Waals surface area (Å²) in [7, 11) is 0. The number of carbonyl (C=O) groups excluding carboxylic acids is 4. The van der Waals surface area contributed by atoms with Crippen LogP contribution in [0.2, 0.25) is 0 Å². The normalized spacial score (nSPS) is 27.5. The van der Waals surface area contributed by atoms with Gasteiger partial charge in [-0.1, -0.05) is 0 Å². The average molecular weight is 489 g/mol. The number of amides is 3. The first-order chi connectivity index (χ1) is 16.1. The maximum absolute atomic E-state index is 13.3. The smallest absolute Gasteiger partial charge is 0.381 e. The van der Waals surface area contributed by atoms with Crippen LogP contribution in [0.25, 0.3) is 0 Å². The van der Waals surface area contributed by atoms with Gasteiger partial charge in [0, 0.05) is 38.1 Å². The molecule has 1 saturated carbocycles. The zero-order chi connectivity index (χ0) is 24.5. The molecule has 2 N–H and O–H groups in total. The van der Waals surface area contributed by atoms with Crippen LogP contribution >= 0.6 is 0 Å². The molecule has 4 fully saturated rings. The van der Waals surface area contributed by atoms with E-state index in [9.17, 15) is 32.3 Å². The zero-order valence-electron chi connectivity index (χ0n) is 18.8. The standard InChI is InChI=1S/C22H30F3N3O6/c23-22(24,25)34-11-17(29)15(9-14-1-6-26-18(14)30)27-19(31)16-10-21(4-5-21)12-28(16)20(32)13-2-7-33-8-3-13/h13-16H,1-12H2,(H,26,30)(H,27,31)/t14-,15?,16-/m0/s1. The Balaban J connectivity index is 1.46. The molecule has 0 radical (unpaired) electrons. The number of likely N-dealkylation sites (tertiary alicyclic amines) is 1. The van der Waals surface area contributed by atoms with Gasteiger partial charge in [0.2, 0.25) is 17.7 Å². The highest BCUT2D eigenvalue weighted by atomic mass is 19.4. The highest BCUT2D eigenvalue weighted by Gasteiger charge is 2.56. The average Bonchev–Trinajstić information content (AvgIpc) is 3.26. The second-order valence-corrected chi connectivity index (χ2v) is 9.85. The van der Waals surface area contributed by atoms with Crippen molar-refractivity contribution < 1.29 is 41.8 Å². The monoisotopic (exact) mass is 489 g/mol. The third-order valence-electron chi connectivity index (χ3n) is 7.39. The quantitative estimate of drug-likeness (QED) is 0.524. The molecule has 3 aliphatic heterocycles. The predicted molar refractivity (Wildman–Crippen MR) is 110 cm³/mol. The number of rotatable bonds is 8. The molecule has 1 unspecified atom stereocenters. The van der Waals surface area contributed by atoms with Gasteiger partial charge in [0.05, 0.1) is 6.04 Å². The van der Waals surface area contributed by atoms with Gasteiger partial charge in [-0.15, -0.1) is 13.2 Å². The Bertz CT molecular complexity index is 825. The summed E-state index contributed by atoms with van der Waals surface area (Å²) in [5, 5.41) is 5.18. The number of hydrogen-bond donors (Lipinski definition) is 2. The number of nitrogens with one attached hydrogen (secondary N) is 2. The largest absolute Gasteiger partial charge is 0.522 e. The molecule has 0 aromatic heterocycles. The first-order valence-electron chi connectivity index (χ1n) is 11.8. The van der Waals surface area contributed by atoms with E-state index in [1.54, 1.807) is 4.90 Å². The molecule has 9 nitrogen and oxygen atoms in total. The maximum Gasteiger partial charge on any atom is 0.522 e. The molecule has 3 amide bonds. The summed E-state index contributed by atoms with van der Waals surface area (Å²) in [6.07, 6.45) is -1.30. The van der Waals surface area contributed by atoms with Gasteiger partial charge < -0.3 is 20.3 Å². The summed E-state index contributed by atoms with van der Waals surface area (Å²) in [6, 6.07) is -2.12. The topological polar surface area (TPSA) is 114 Å². The number of hydrogen-bond acceptors (Lipinski definition) is 6. The summed E-state index contributed by atoms with van der Waals surface area (Å²) >= 11 is 0. The van der Waals surface area contributed by atoms with E-state index in [-0.39, 0.29) is 29.6 Å². The molecule has 3 saturated heterocycles. The van der Waals surface area contributed by atoms with Crippen LogP contribution in [-0.4, -0.2) is 79.8 Å². The third kappa shape index (κ3) is 5.88. The highest BCUT2D eigenvalue weighted by molar-refractivity contribution is 5.94. The van der Waals surface area contributed by atoms with Crippen molar-refractivity contribution in [3.8, 4) is 0 Å². The molecular formula is C22H30F3N3O6. The fourth-order valence-corrected chi connectivity index (χ4v) is 5.19. The van der Waals surface area contributed by atoms with Crippen molar-refractivity contribution in [2.24, 2.45) is 17.3 Å². The fraction of sp³-hybridized carbons (Fsp3) is 0.818. The van der Waals surface area contributed by atoms with Crippen LogP contribution in [0, 0.1) is 17.3 Å². The molecular weight excluding hydrogens is 459 g/mol. The van der Waals surface area contributed by atoms with Crippen LogP contribution in [0.15, 0.2) is 0 Å². The van der Waals surface area contributed by atoms with Gasteiger partial charge in [0.25, 0.3) is 0 Å². The minimum Gasteiger partial charge on any atom is -0.381 e. The molecule has 3 atom stereocenters. The first kappa shape index (κ1) is 24.9. The highest BCUT2D eigenvalue weighted by Crippen LogP contribution is 2.55. The van der Waals surface area contributed by atoms with Gasteiger partial charge in [0.15, 0.2) is 5.78 Å². The SMILES string of the molecule is O=C(COC(F)(F)F)C(C[C@@H]1CCNC1=O)NC(=O)[C@@H]1CC2(CC2)CN1C(=O)C1CCOCC1. The van der Waals surface area contributed by atoms with E-state index in [4.69, 9.17) is 4.74 Å². The lowest BCUT2D eigenvalue weighted by Crippen LogP contribution is -2.53. The van der Waals surface area contributed by atoms with Crippen molar-refractivity contribution in [1.29, 1.82) is 0 Å². The molecule has 3 heterocycles. The van der Waals surface area contributed by atoms with Crippen LogP contribution in [0.1, 0.15) is 44.9 Å². The van der Waals surface area contributed by atoms with Crippen LogP contribution < -0.4 is 10.6 Å². The second kappa shape index (κ2) is 9.80. The Hall–Kier alpha value is -2.21. The maximum atomic E-state index is 13.3. The summed E-state index contributed by atoms with van der Waals surface area (Å²) in [5.41, 5.74) is -0.104. The third-order valence-corrected chi connectivity index (χ3v) is 7.39. The zero-order valence-corrected chi connectivity index (χ0v) is 18.8. The van der Waals surface area contributed by atoms with Crippen molar-refractivity contribution in [3.05, 3.63) is 0 Å². The summed E-state index contributed by atoms with van der Waals surface area (Å²) in [4.78, 5) is 52.6. The van der Waals surface area contributed by atoms with Crippen LogP contribution in [0.5, 0.6) is 0 Å². The van der Waals surface area contributed by atoms with E-state index < -0.39 is 42.7 Å². The Kier molecular flexibility index (Phi) is 7.18. The number of Topliss-reactive ketones (excluding diaryl/α,β-unsaturated/α-hetero) is 1. The first-order valence-corrected chi connectivity index (χ1v) is 11.8. The van der Waals surface area contributed by atoms with E-state index in [2.05, 4.69) is 15.4 Å². The number of halogens is 3.